The van der Waals surface area contributed by atoms with Gasteiger partial charge in [0.25, 0.3) is 0 Å². The third-order valence-corrected chi connectivity index (χ3v) is 6.93. The van der Waals surface area contributed by atoms with Crippen molar-refractivity contribution in [1.29, 1.82) is 0 Å². The van der Waals surface area contributed by atoms with Crippen LogP contribution in [0.5, 0.6) is 11.5 Å². The number of aryl methyl sites for hydroxylation is 1. The van der Waals surface area contributed by atoms with Gasteiger partial charge in [0.05, 0.1) is 12.9 Å². The number of carbonyl (C=O) groups is 1. The summed E-state index contributed by atoms with van der Waals surface area (Å²) in [5, 5.41) is 0. The SMILES string of the molecule is CC.CC.CCCCN(CCCC)C(=O)CN1CC(c2ccc3c(c2)OCO3)CC1CCn1ccnc1. The van der Waals surface area contributed by atoms with Gasteiger partial charge in [-0.15, -0.1) is 0 Å². The smallest absolute Gasteiger partial charge is 0.236 e. The van der Waals surface area contributed by atoms with E-state index >= 15 is 0 Å². The molecule has 2 aliphatic rings. The molecular weight excluding hydrogens is 464 g/mol. The monoisotopic (exact) mass is 514 g/mol. The minimum Gasteiger partial charge on any atom is -0.454 e. The van der Waals surface area contributed by atoms with E-state index in [1.165, 1.54) is 5.56 Å². The van der Waals surface area contributed by atoms with Gasteiger partial charge in [-0.05, 0) is 49.3 Å². The average Bonchev–Trinajstić information content (AvgIpc) is 3.71. The number of aromatic nitrogens is 2. The summed E-state index contributed by atoms with van der Waals surface area (Å²) in [6, 6.07) is 6.67. The number of nitrogens with zero attached hydrogens (tertiary/aromatic N) is 4. The largest absolute Gasteiger partial charge is 0.454 e. The minimum atomic E-state index is 0.274. The highest BCUT2D eigenvalue weighted by Crippen LogP contribution is 2.39. The first-order valence-corrected chi connectivity index (χ1v) is 14.5. The number of hydrogen-bond acceptors (Lipinski definition) is 5. The number of benzene rings is 1. The van der Waals surface area contributed by atoms with Crippen LogP contribution in [0.4, 0.5) is 0 Å². The summed E-state index contributed by atoms with van der Waals surface area (Å²) in [6.45, 7) is 16.7. The Kier molecular flexibility index (Phi) is 14.1. The highest BCUT2D eigenvalue weighted by molar-refractivity contribution is 5.78. The van der Waals surface area contributed by atoms with Crippen LogP contribution >= 0.6 is 0 Å². The van der Waals surface area contributed by atoms with Gasteiger partial charge in [0.1, 0.15) is 0 Å². The molecule has 208 valence electrons. The van der Waals surface area contributed by atoms with E-state index in [0.717, 1.165) is 76.2 Å². The molecule has 0 radical (unpaired) electrons. The number of carbonyl (C=O) groups excluding carboxylic acids is 1. The molecule has 0 bridgehead atoms. The highest BCUT2D eigenvalue weighted by atomic mass is 16.7. The summed E-state index contributed by atoms with van der Waals surface area (Å²) in [5.74, 6) is 2.32. The van der Waals surface area contributed by atoms with E-state index in [1.807, 2.05) is 52.5 Å². The van der Waals surface area contributed by atoms with Crippen LogP contribution in [0.15, 0.2) is 36.9 Å². The van der Waals surface area contributed by atoms with Gasteiger partial charge in [0, 0.05) is 44.6 Å². The molecule has 4 rings (SSSR count). The molecule has 0 saturated carbocycles. The van der Waals surface area contributed by atoms with Crippen molar-refractivity contribution in [2.75, 3.05) is 33.0 Å². The lowest BCUT2D eigenvalue weighted by molar-refractivity contribution is -0.132. The van der Waals surface area contributed by atoms with Crippen molar-refractivity contribution in [3.8, 4) is 11.5 Å². The lowest BCUT2D eigenvalue weighted by Gasteiger charge is -2.28. The van der Waals surface area contributed by atoms with Gasteiger partial charge in [-0.25, -0.2) is 4.98 Å². The molecule has 2 aromatic rings. The molecule has 1 aromatic heterocycles. The van der Waals surface area contributed by atoms with Crippen LogP contribution in [0.25, 0.3) is 0 Å². The number of likely N-dealkylation sites (tertiary alicyclic amines) is 1. The predicted molar refractivity (Wildman–Crippen MR) is 151 cm³/mol. The second kappa shape index (κ2) is 17.1. The zero-order valence-corrected chi connectivity index (χ0v) is 24.1. The Morgan fingerprint density at radius 3 is 2.41 bits per heavy atom. The van der Waals surface area contributed by atoms with Crippen LogP contribution in [0.3, 0.4) is 0 Å². The summed E-state index contributed by atoms with van der Waals surface area (Å²) in [7, 11) is 0. The second-order valence-corrected chi connectivity index (χ2v) is 9.31. The molecule has 3 heterocycles. The number of fused-ring (bicyclic) bond motifs is 1. The molecule has 1 aromatic carbocycles. The maximum Gasteiger partial charge on any atom is 0.236 e. The fourth-order valence-corrected chi connectivity index (χ4v) is 4.94. The summed E-state index contributed by atoms with van der Waals surface area (Å²) < 4.78 is 13.2. The second-order valence-electron chi connectivity index (χ2n) is 9.31. The van der Waals surface area contributed by atoms with Gasteiger partial charge in [-0.1, -0.05) is 60.5 Å². The molecule has 0 aliphatic carbocycles. The molecule has 0 N–H and O–H groups in total. The summed E-state index contributed by atoms with van der Waals surface area (Å²) >= 11 is 0. The molecular formula is C30H50N4O3. The van der Waals surface area contributed by atoms with Crippen LogP contribution in [0.2, 0.25) is 0 Å². The molecule has 7 nitrogen and oxygen atoms in total. The van der Waals surface area contributed by atoms with Gasteiger partial charge in [-0.2, -0.15) is 0 Å². The molecule has 2 unspecified atom stereocenters. The summed E-state index contributed by atoms with van der Waals surface area (Å²) in [5.41, 5.74) is 1.27. The van der Waals surface area contributed by atoms with Crippen molar-refractivity contribution < 1.29 is 14.3 Å². The molecule has 1 amide bonds. The maximum atomic E-state index is 13.3. The van der Waals surface area contributed by atoms with Crippen LogP contribution in [0.1, 0.15) is 91.5 Å². The zero-order valence-electron chi connectivity index (χ0n) is 24.1. The van der Waals surface area contributed by atoms with Crippen molar-refractivity contribution in [2.24, 2.45) is 0 Å². The van der Waals surface area contributed by atoms with Crippen LogP contribution in [0, 0.1) is 0 Å². The van der Waals surface area contributed by atoms with Crippen LogP contribution < -0.4 is 9.47 Å². The molecule has 7 heteroatoms. The molecule has 0 spiro atoms. The maximum absolute atomic E-state index is 13.3. The van der Waals surface area contributed by atoms with E-state index in [-0.39, 0.29) is 5.91 Å². The van der Waals surface area contributed by atoms with Gasteiger partial charge in [-0.3, -0.25) is 9.69 Å². The van der Waals surface area contributed by atoms with E-state index in [2.05, 4.69) is 45.3 Å². The third kappa shape index (κ3) is 9.06. The summed E-state index contributed by atoms with van der Waals surface area (Å²) in [4.78, 5) is 22.0. The first-order chi connectivity index (χ1) is 18.2. The van der Waals surface area contributed by atoms with Crippen LogP contribution in [-0.4, -0.2) is 64.3 Å². The topological polar surface area (TPSA) is 59.8 Å². The Morgan fingerprint density at radius 2 is 1.76 bits per heavy atom. The lowest BCUT2D eigenvalue weighted by atomic mass is 9.95. The molecule has 2 aliphatic heterocycles. The van der Waals surface area contributed by atoms with Crippen molar-refractivity contribution in [2.45, 2.75) is 98.6 Å². The van der Waals surface area contributed by atoms with Crippen LogP contribution in [-0.2, 0) is 11.3 Å². The minimum absolute atomic E-state index is 0.274. The molecule has 2 atom stereocenters. The van der Waals surface area contributed by atoms with Crippen molar-refractivity contribution in [3.05, 3.63) is 42.5 Å². The lowest BCUT2D eigenvalue weighted by Crippen LogP contribution is -2.43. The first kappa shape index (κ1) is 30.7. The quantitative estimate of drug-likeness (QED) is 0.331. The van der Waals surface area contributed by atoms with E-state index in [4.69, 9.17) is 9.47 Å². The van der Waals surface area contributed by atoms with Gasteiger partial charge in [0.2, 0.25) is 12.7 Å². The molecule has 37 heavy (non-hydrogen) atoms. The van der Waals surface area contributed by atoms with Gasteiger partial charge >= 0.3 is 0 Å². The van der Waals surface area contributed by atoms with Gasteiger partial charge < -0.3 is 18.9 Å². The first-order valence-electron chi connectivity index (χ1n) is 14.5. The Labute approximate surface area is 225 Å². The number of ether oxygens (including phenoxy) is 2. The van der Waals surface area contributed by atoms with Crippen molar-refractivity contribution in [1.82, 2.24) is 19.4 Å². The number of amides is 1. The number of hydrogen-bond donors (Lipinski definition) is 0. The molecule has 1 fully saturated rings. The fraction of sp³-hybridized carbons (Fsp3) is 0.667. The molecule has 1 saturated heterocycles. The normalized spacial score (nSPS) is 18.0. The van der Waals surface area contributed by atoms with E-state index in [0.29, 0.717) is 25.3 Å². The van der Waals surface area contributed by atoms with Gasteiger partial charge in [0.15, 0.2) is 11.5 Å². The van der Waals surface area contributed by atoms with E-state index < -0.39 is 0 Å². The number of rotatable bonds is 12. The Balaban J connectivity index is 0.00000115. The van der Waals surface area contributed by atoms with E-state index in [9.17, 15) is 4.79 Å². The van der Waals surface area contributed by atoms with Crippen molar-refractivity contribution in [3.63, 3.8) is 0 Å². The number of imidazole rings is 1. The fourth-order valence-electron chi connectivity index (χ4n) is 4.94. The standard InChI is InChI=1S/C26H38N4O3.2C2H6/c1-3-5-11-29(12-6-4-2)26(31)18-30-17-22(15-23(30)9-13-28-14-10-27-19-28)21-7-8-24-25(16-21)33-20-32-24;2*1-2/h7-8,10,14,16,19,22-23H,3-6,9,11-13,15,17-18,20H2,1-2H3;2*1-2H3. The Bertz CT molecular complexity index is 879. The Morgan fingerprint density at radius 1 is 1.05 bits per heavy atom. The average molecular weight is 515 g/mol. The Hall–Kier alpha value is -2.54. The third-order valence-electron chi connectivity index (χ3n) is 6.93. The zero-order chi connectivity index (χ0) is 27.0. The van der Waals surface area contributed by atoms with Crippen molar-refractivity contribution >= 4 is 5.91 Å². The summed E-state index contributed by atoms with van der Waals surface area (Å²) in [6.07, 6.45) is 12.1. The predicted octanol–water partition coefficient (Wildman–Crippen LogP) is 6.34. The number of unbranched alkanes of at least 4 members (excludes halogenated alkanes) is 2. The van der Waals surface area contributed by atoms with E-state index in [1.54, 1.807) is 0 Å². The highest BCUT2D eigenvalue weighted by Gasteiger charge is 2.35.